The first-order chi connectivity index (χ1) is 19.3. The second-order valence-corrected chi connectivity index (χ2v) is 11.4. The SMILES string of the molecule is COC(=O)[C@H](Cc1ccccc1)NC(=O)c1ccc(CN(Cc2ccccn2)S(=O)(=O)c2ccc(Cl)cc2)cc1. The van der Waals surface area contributed by atoms with Gasteiger partial charge in [-0.1, -0.05) is 60.1 Å². The zero-order chi connectivity index (χ0) is 28.5. The van der Waals surface area contributed by atoms with Gasteiger partial charge >= 0.3 is 5.97 Å². The fourth-order valence-electron chi connectivity index (χ4n) is 4.05. The molecule has 0 radical (unpaired) electrons. The van der Waals surface area contributed by atoms with Crippen LogP contribution in [0, 0.1) is 0 Å². The van der Waals surface area contributed by atoms with Crippen LogP contribution in [0.3, 0.4) is 0 Å². The van der Waals surface area contributed by atoms with Crippen molar-refractivity contribution in [3.8, 4) is 0 Å². The molecule has 0 saturated heterocycles. The highest BCUT2D eigenvalue weighted by Crippen LogP contribution is 2.22. The molecule has 0 aliphatic rings. The summed E-state index contributed by atoms with van der Waals surface area (Å²) in [4.78, 5) is 29.7. The minimum absolute atomic E-state index is 0.0439. The third-order valence-electron chi connectivity index (χ3n) is 6.16. The van der Waals surface area contributed by atoms with E-state index < -0.39 is 27.9 Å². The summed E-state index contributed by atoms with van der Waals surface area (Å²) >= 11 is 5.96. The van der Waals surface area contributed by atoms with Gasteiger partial charge in [-0.3, -0.25) is 9.78 Å². The van der Waals surface area contributed by atoms with E-state index in [0.717, 1.165) is 5.56 Å². The summed E-state index contributed by atoms with van der Waals surface area (Å²) in [5, 5.41) is 3.17. The minimum Gasteiger partial charge on any atom is -0.467 e. The smallest absolute Gasteiger partial charge is 0.328 e. The van der Waals surface area contributed by atoms with Crippen LogP contribution in [0.5, 0.6) is 0 Å². The highest BCUT2D eigenvalue weighted by atomic mass is 35.5. The number of esters is 1. The van der Waals surface area contributed by atoms with Crippen LogP contribution >= 0.6 is 11.6 Å². The molecule has 1 N–H and O–H groups in total. The molecule has 3 aromatic carbocycles. The van der Waals surface area contributed by atoms with Crippen molar-refractivity contribution in [2.24, 2.45) is 0 Å². The Morgan fingerprint density at radius 1 is 0.875 bits per heavy atom. The molecular weight excluding hydrogens is 550 g/mol. The van der Waals surface area contributed by atoms with E-state index in [1.54, 1.807) is 48.7 Å². The Kier molecular flexibility index (Phi) is 9.65. The second kappa shape index (κ2) is 13.3. The Morgan fingerprint density at radius 3 is 2.17 bits per heavy atom. The number of nitrogens with zero attached hydrogens (tertiary/aromatic N) is 2. The molecule has 0 unspecified atom stereocenters. The molecule has 8 nitrogen and oxygen atoms in total. The van der Waals surface area contributed by atoms with Crippen molar-refractivity contribution in [3.63, 3.8) is 0 Å². The van der Waals surface area contributed by atoms with E-state index >= 15 is 0 Å². The number of rotatable bonds is 11. The molecule has 1 aromatic heterocycles. The molecule has 0 saturated carbocycles. The summed E-state index contributed by atoms with van der Waals surface area (Å²) in [7, 11) is -2.62. The highest BCUT2D eigenvalue weighted by Gasteiger charge is 2.26. The first-order valence-corrected chi connectivity index (χ1v) is 14.3. The van der Waals surface area contributed by atoms with Crippen LogP contribution in [0.15, 0.2) is 108 Å². The van der Waals surface area contributed by atoms with Crippen molar-refractivity contribution in [3.05, 3.63) is 131 Å². The normalized spacial score (nSPS) is 12.1. The standard InChI is InChI=1S/C30H28ClN3O5S/c1-39-30(36)28(19-22-7-3-2-4-8-22)33-29(35)24-12-10-23(11-13-24)20-34(21-26-9-5-6-18-32-26)40(37,38)27-16-14-25(31)15-17-27/h2-18,28H,19-21H2,1H3,(H,33,35)/t28-/m0/s1. The third kappa shape index (κ3) is 7.53. The monoisotopic (exact) mass is 577 g/mol. The minimum atomic E-state index is -3.89. The lowest BCUT2D eigenvalue weighted by Crippen LogP contribution is -2.43. The molecule has 1 atom stereocenters. The number of aromatic nitrogens is 1. The maximum absolute atomic E-state index is 13.5. The lowest BCUT2D eigenvalue weighted by molar-refractivity contribution is -0.142. The van der Waals surface area contributed by atoms with Crippen LogP contribution in [0.25, 0.3) is 0 Å². The largest absolute Gasteiger partial charge is 0.467 e. The van der Waals surface area contributed by atoms with E-state index in [1.165, 1.54) is 35.7 Å². The number of hydrogen-bond donors (Lipinski definition) is 1. The maximum Gasteiger partial charge on any atom is 0.328 e. The molecule has 10 heteroatoms. The first-order valence-electron chi connectivity index (χ1n) is 12.4. The maximum atomic E-state index is 13.5. The number of nitrogens with one attached hydrogen (secondary N) is 1. The Bertz CT molecular complexity index is 1530. The van der Waals surface area contributed by atoms with Crippen LogP contribution in [0.1, 0.15) is 27.2 Å². The van der Waals surface area contributed by atoms with E-state index in [4.69, 9.17) is 16.3 Å². The van der Waals surface area contributed by atoms with Crippen molar-refractivity contribution in [1.82, 2.24) is 14.6 Å². The number of ether oxygens (including phenoxy) is 1. The Hall–Kier alpha value is -4.05. The van der Waals surface area contributed by atoms with Crippen molar-refractivity contribution in [2.45, 2.75) is 30.4 Å². The first kappa shape index (κ1) is 28.9. The van der Waals surface area contributed by atoms with Crippen molar-refractivity contribution in [2.75, 3.05) is 7.11 Å². The number of carbonyl (C=O) groups excluding carboxylic acids is 2. The molecule has 0 bridgehead atoms. The summed E-state index contributed by atoms with van der Waals surface area (Å²) < 4.78 is 33.3. The number of carbonyl (C=O) groups is 2. The lowest BCUT2D eigenvalue weighted by Gasteiger charge is -2.22. The topological polar surface area (TPSA) is 106 Å². The predicted octanol–water partition coefficient (Wildman–Crippen LogP) is 4.64. The summed E-state index contributed by atoms with van der Waals surface area (Å²) in [6.45, 7) is 0.0938. The van der Waals surface area contributed by atoms with Gasteiger partial charge < -0.3 is 10.1 Å². The molecule has 4 rings (SSSR count). The average Bonchev–Trinajstić information content (AvgIpc) is 2.97. The quantitative estimate of drug-likeness (QED) is 0.260. The van der Waals surface area contributed by atoms with Gasteiger partial charge in [-0.2, -0.15) is 4.31 Å². The molecular formula is C30H28ClN3O5S. The summed E-state index contributed by atoms with van der Waals surface area (Å²) in [5.74, 6) is -0.997. The number of amides is 1. The summed E-state index contributed by atoms with van der Waals surface area (Å²) in [5.41, 5.74) is 2.45. The van der Waals surface area contributed by atoms with Gasteiger partial charge in [0.05, 0.1) is 24.2 Å². The van der Waals surface area contributed by atoms with Gasteiger partial charge in [-0.25, -0.2) is 13.2 Å². The van der Waals surface area contributed by atoms with E-state index in [2.05, 4.69) is 10.3 Å². The predicted molar refractivity (Wildman–Crippen MR) is 152 cm³/mol. The zero-order valence-electron chi connectivity index (χ0n) is 21.7. The van der Waals surface area contributed by atoms with Crippen molar-refractivity contribution >= 4 is 33.5 Å². The highest BCUT2D eigenvalue weighted by molar-refractivity contribution is 7.89. The van der Waals surface area contributed by atoms with Gasteiger partial charge in [0.1, 0.15) is 6.04 Å². The van der Waals surface area contributed by atoms with Crippen LogP contribution in [0.2, 0.25) is 5.02 Å². The molecule has 0 aliphatic heterocycles. The van der Waals surface area contributed by atoms with E-state index in [-0.39, 0.29) is 24.4 Å². The lowest BCUT2D eigenvalue weighted by atomic mass is 10.0. The van der Waals surface area contributed by atoms with Gasteiger partial charge in [0.2, 0.25) is 10.0 Å². The average molecular weight is 578 g/mol. The molecule has 0 aliphatic carbocycles. The summed E-state index contributed by atoms with van der Waals surface area (Å²) in [6.07, 6.45) is 1.89. The van der Waals surface area contributed by atoms with Gasteiger partial charge in [0.15, 0.2) is 0 Å². The van der Waals surface area contributed by atoms with Crippen LogP contribution in [-0.2, 0) is 39.1 Å². The molecule has 40 heavy (non-hydrogen) atoms. The molecule has 1 heterocycles. The van der Waals surface area contributed by atoms with Crippen LogP contribution in [0.4, 0.5) is 0 Å². The van der Waals surface area contributed by atoms with Crippen LogP contribution < -0.4 is 5.32 Å². The number of benzene rings is 3. The number of methoxy groups -OCH3 is 1. The van der Waals surface area contributed by atoms with E-state index in [1.807, 2.05) is 30.3 Å². The fourth-order valence-corrected chi connectivity index (χ4v) is 5.57. The van der Waals surface area contributed by atoms with Crippen molar-refractivity contribution in [1.29, 1.82) is 0 Å². The molecule has 0 fully saturated rings. The summed E-state index contributed by atoms with van der Waals surface area (Å²) in [6, 6.07) is 26.3. The van der Waals surface area contributed by atoms with E-state index in [0.29, 0.717) is 21.8 Å². The number of sulfonamides is 1. The van der Waals surface area contributed by atoms with Gasteiger partial charge in [-0.05, 0) is 59.7 Å². The zero-order valence-corrected chi connectivity index (χ0v) is 23.3. The third-order valence-corrected chi connectivity index (χ3v) is 8.22. The number of halogens is 1. The Balaban J connectivity index is 1.52. The second-order valence-electron chi connectivity index (χ2n) is 8.98. The van der Waals surface area contributed by atoms with Crippen molar-refractivity contribution < 1.29 is 22.7 Å². The Morgan fingerprint density at radius 2 is 1.55 bits per heavy atom. The number of hydrogen-bond acceptors (Lipinski definition) is 6. The number of pyridine rings is 1. The van der Waals surface area contributed by atoms with Crippen LogP contribution in [-0.4, -0.2) is 42.7 Å². The van der Waals surface area contributed by atoms with E-state index in [9.17, 15) is 18.0 Å². The van der Waals surface area contributed by atoms with Gasteiger partial charge in [0.25, 0.3) is 5.91 Å². The van der Waals surface area contributed by atoms with Gasteiger partial charge in [-0.15, -0.1) is 0 Å². The Labute approximate surface area is 238 Å². The molecule has 206 valence electrons. The van der Waals surface area contributed by atoms with Gasteiger partial charge in [0, 0.05) is 29.7 Å². The molecule has 4 aromatic rings. The molecule has 1 amide bonds. The fraction of sp³-hybridized carbons (Fsp3) is 0.167. The molecule has 0 spiro atoms.